The lowest BCUT2D eigenvalue weighted by atomic mass is 9.76. The second-order valence-electron chi connectivity index (χ2n) is 6.90. The zero-order valence-corrected chi connectivity index (χ0v) is 11.3. The normalized spacial score (nSPS) is 39.2. The van der Waals surface area contributed by atoms with Gasteiger partial charge in [-0.05, 0) is 37.5 Å². The molecular formula is C14H27NO. The van der Waals surface area contributed by atoms with E-state index in [0.717, 1.165) is 25.0 Å². The highest BCUT2D eigenvalue weighted by Gasteiger charge is 2.42. The minimum absolute atomic E-state index is 0.0166. The van der Waals surface area contributed by atoms with Crippen LogP contribution in [0.15, 0.2) is 0 Å². The first-order valence-corrected chi connectivity index (χ1v) is 6.82. The first kappa shape index (κ1) is 12.4. The summed E-state index contributed by atoms with van der Waals surface area (Å²) in [5.74, 6) is 1.62. The Morgan fingerprint density at radius 3 is 2.62 bits per heavy atom. The van der Waals surface area contributed by atoms with Gasteiger partial charge in [-0.3, -0.25) is 5.32 Å². The fraction of sp³-hybridized carbons (Fsp3) is 1.00. The van der Waals surface area contributed by atoms with Gasteiger partial charge >= 0.3 is 0 Å². The summed E-state index contributed by atoms with van der Waals surface area (Å²) in [6.07, 6.45) is 5.11. The molecule has 0 amide bonds. The Morgan fingerprint density at radius 1 is 1.31 bits per heavy atom. The van der Waals surface area contributed by atoms with E-state index in [1.165, 1.54) is 25.7 Å². The predicted octanol–water partition coefficient (Wildman–Crippen LogP) is 3.17. The van der Waals surface area contributed by atoms with E-state index in [1.54, 1.807) is 0 Å². The summed E-state index contributed by atoms with van der Waals surface area (Å²) in [5.41, 5.74) is 0.318. The second-order valence-corrected chi connectivity index (χ2v) is 6.90. The molecule has 1 spiro atoms. The van der Waals surface area contributed by atoms with E-state index in [9.17, 15) is 0 Å². The van der Waals surface area contributed by atoms with E-state index < -0.39 is 0 Å². The van der Waals surface area contributed by atoms with Gasteiger partial charge in [-0.15, -0.1) is 0 Å². The Bertz CT molecular complexity index is 237. The molecule has 2 fully saturated rings. The summed E-state index contributed by atoms with van der Waals surface area (Å²) in [4.78, 5) is 0. The van der Waals surface area contributed by atoms with Crippen LogP contribution in [0.5, 0.6) is 0 Å². The summed E-state index contributed by atoms with van der Waals surface area (Å²) >= 11 is 0. The van der Waals surface area contributed by atoms with Crippen molar-refractivity contribution in [1.29, 1.82) is 0 Å². The number of hydrogen-bond acceptors (Lipinski definition) is 2. The molecule has 1 saturated carbocycles. The first-order chi connectivity index (χ1) is 7.43. The van der Waals surface area contributed by atoms with E-state index in [2.05, 4.69) is 33.0 Å². The quantitative estimate of drug-likeness (QED) is 0.740. The molecule has 1 aliphatic heterocycles. The maximum atomic E-state index is 6.19. The molecule has 0 aromatic carbocycles. The highest BCUT2D eigenvalue weighted by atomic mass is 16.5. The van der Waals surface area contributed by atoms with Gasteiger partial charge in [0.15, 0.2) is 0 Å². The Hall–Kier alpha value is -0.0800. The molecule has 1 saturated heterocycles. The van der Waals surface area contributed by atoms with Gasteiger partial charge in [-0.1, -0.05) is 27.7 Å². The number of hydrogen-bond donors (Lipinski definition) is 1. The van der Waals surface area contributed by atoms with Gasteiger partial charge in [0.2, 0.25) is 0 Å². The molecule has 2 atom stereocenters. The third-order valence-electron chi connectivity index (χ3n) is 4.32. The number of nitrogens with one attached hydrogen (secondary N) is 1. The Balaban J connectivity index is 1.98. The van der Waals surface area contributed by atoms with Crippen LogP contribution in [-0.4, -0.2) is 18.9 Å². The van der Waals surface area contributed by atoms with Crippen LogP contribution in [0, 0.1) is 17.3 Å². The maximum absolute atomic E-state index is 6.19. The van der Waals surface area contributed by atoms with E-state index >= 15 is 0 Å². The predicted molar refractivity (Wildman–Crippen MR) is 67.3 cm³/mol. The first-order valence-electron chi connectivity index (χ1n) is 6.82. The highest BCUT2D eigenvalue weighted by Crippen LogP contribution is 2.40. The molecule has 1 N–H and O–H groups in total. The smallest absolute Gasteiger partial charge is 0.119 e. The minimum atomic E-state index is 0.0166. The molecular weight excluding hydrogens is 198 g/mol. The van der Waals surface area contributed by atoms with Crippen molar-refractivity contribution in [2.24, 2.45) is 17.3 Å². The lowest BCUT2D eigenvalue weighted by Crippen LogP contribution is -2.59. The van der Waals surface area contributed by atoms with Gasteiger partial charge in [0.25, 0.3) is 0 Å². The number of ether oxygens (including phenoxy) is 1. The van der Waals surface area contributed by atoms with Crippen molar-refractivity contribution in [2.75, 3.05) is 13.2 Å². The van der Waals surface area contributed by atoms with Crippen LogP contribution in [0.4, 0.5) is 0 Å². The van der Waals surface area contributed by atoms with Crippen molar-refractivity contribution in [2.45, 2.75) is 59.1 Å². The van der Waals surface area contributed by atoms with Crippen molar-refractivity contribution < 1.29 is 4.74 Å². The van der Waals surface area contributed by atoms with Crippen molar-refractivity contribution >= 4 is 0 Å². The largest absolute Gasteiger partial charge is 0.360 e. The lowest BCUT2D eigenvalue weighted by Gasteiger charge is -2.49. The molecule has 0 aromatic heterocycles. The van der Waals surface area contributed by atoms with Crippen molar-refractivity contribution in [3.63, 3.8) is 0 Å². The van der Waals surface area contributed by atoms with Crippen molar-refractivity contribution in [3.05, 3.63) is 0 Å². The lowest BCUT2D eigenvalue weighted by molar-refractivity contribution is -0.164. The molecule has 1 aliphatic carbocycles. The van der Waals surface area contributed by atoms with Crippen molar-refractivity contribution in [3.8, 4) is 0 Å². The van der Waals surface area contributed by atoms with Gasteiger partial charge in [0, 0.05) is 12.0 Å². The Kier molecular flexibility index (Phi) is 3.33. The second kappa shape index (κ2) is 4.30. The zero-order valence-electron chi connectivity index (χ0n) is 11.3. The molecule has 2 heteroatoms. The van der Waals surface area contributed by atoms with E-state index in [0.29, 0.717) is 5.41 Å². The Labute approximate surface area is 100 Å². The van der Waals surface area contributed by atoms with Crippen LogP contribution in [0.3, 0.4) is 0 Å². The third-order valence-corrected chi connectivity index (χ3v) is 4.32. The van der Waals surface area contributed by atoms with Gasteiger partial charge in [-0.25, -0.2) is 0 Å². The molecule has 0 aromatic rings. The SMILES string of the molecule is CC(C)C1CCCC2(C1)NCC(C)(C)CO2. The summed E-state index contributed by atoms with van der Waals surface area (Å²) < 4.78 is 6.19. The van der Waals surface area contributed by atoms with Crippen LogP contribution in [0.2, 0.25) is 0 Å². The molecule has 2 aliphatic rings. The molecule has 0 radical (unpaired) electrons. The van der Waals surface area contributed by atoms with E-state index in [4.69, 9.17) is 4.74 Å². The van der Waals surface area contributed by atoms with Gasteiger partial charge in [0.1, 0.15) is 5.72 Å². The molecule has 2 unspecified atom stereocenters. The molecule has 1 heterocycles. The highest BCUT2D eigenvalue weighted by molar-refractivity contribution is 4.92. The minimum Gasteiger partial charge on any atom is -0.360 e. The van der Waals surface area contributed by atoms with Crippen LogP contribution < -0.4 is 5.32 Å². The Morgan fingerprint density at radius 2 is 2.06 bits per heavy atom. The molecule has 16 heavy (non-hydrogen) atoms. The molecule has 2 rings (SSSR count). The zero-order chi connectivity index (χ0) is 11.8. The monoisotopic (exact) mass is 225 g/mol. The van der Waals surface area contributed by atoms with Gasteiger partial charge in [-0.2, -0.15) is 0 Å². The van der Waals surface area contributed by atoms with Gasteiger partial charge < -0.3 is 4.74 Å². The van der Waals surface area contributed by atoms with Crippen LogP contribution in [0.25, 0.3) is 0 Å². The standard InChI is InChI=1S/C14H27NO/c1-11(2)12-6-5-7-14(8-12)15-9-13(3,4)10-16-14/h11-12,15H,5-10H2,1-4H3. The topological polar surface area (TPSA) is 21.3 Å². The fourth-order valence-corrected chi connectivity index (χ4v) is 2.97. The maximum Gasteiger partial charge on any atom is 0.119 e. The fourth-order valence-electron chi connectivity index (χ4n) is 2.97. The van der Waals surface area contributed by atoms with E-state index in [1.807, 2.05) is 0 Å². The average Bonchev–Trinajstić information content (AvgIpc) is 2.24. The summed E-state index contributed by atoms with van der Waals surface area (Å²) in [6, 6.07) is 0. The number of rotatable bonds is 1. The average molecular weight is 225 g/mol. The summed E-state index contributed by atoms with van der Waals surface area (Å²) in [7, 11) is 0. The van der Waals surface area contributed by atoms with Gasteiger partial charge in [0.05, 0.1) is 6.61 Å². The third kappa shape index (κ3) is 2.60. The van der Waals surface area contributed by atoms with Crippen LogP contribution in [-0.2, 0) is 4.74 Å². The summed E-state index contributed by atoms with van der Waals surface area (Å²) in [5, 5.41) is 3.69. The van der Waals surface area contributed by atoms with Crippen LogP contribution >= 0.6 is 0 Å². The van der Waals surface area contributed by atoms with E-state index in [-0.39, 0.29) is 5.72 Å². The van der Waals surface area contributed by atoms with Crippen molar-refractivity contribution in [1.82, 2.24) is 5.32 Å². The summed E-state index contributed by atoms with van der Waals surface area (Å²) in [6.45, 7) is 11.2. The van der Waals surface area contributed by atoms with Crippen LogP contribution in [0.1, 0.15) is 53.4 Å². The molecule has 0 bridgehead atoms. The molecule has 2 nitrogen and oxygen atoms in total. The molecule has 94 valence electrons.